The molecule has 0 unspecified atom stereocenters. The van der Waals surface area contributed by atoms with Crippen LogP contribution in [0.2, 0.25) is 0 Å². The highest BCUT2D eigenvalue weighted by Gasteiger charge is 2.20. The molecule has 0 saturated heterocycles. The van der Waals surface area contributed by atoms with E-state index in [1.54, 1.807) is 7.11 Å². The van der Waals surface area contributed by atoms with E-state index in [0.717, 1.165) is 67.2 Å². The summed E-state index contributed by atoms with van der Waals surface area (Å²) in [6, 6.07) is 61.9. The molecule has 0 spiro atoms. The number of nitrogens with zero attached hydrogens (tertiary/aromatic N) is 2. The summed E-state index contributed by atoms with van der Waals surface area (Å²) in [5, 5.41) is 6.92. The van der Waals surface area contributed by atoms with Crippen LogP contribution in [-0.4, -0.2) is 7.11 Å². The molecule has 0 amide bonds. The lowest BCUT2D eigenvalue weighted by Gasteiger charge is -2.29. The van der Waals surface area contributed by atoms with Crippen LogP contribution in [0.4, 0.5) is 34.1 Å². The van der Waals surface area contributed by atoms with E-state index in [1.165, 1.54) is 16.2 Å². The molecule has 0 saturated carbocycles. The van der Waals surface area contributed by atoms with Gasteiger partial charge in [-0.2, -0.15) is 0 Å². The molecule has 0 aliphatic rings. The van der Waals surface area contributed by atoms with Crippen LogP contribution in [-0.2, 0) is 0 Å². The van der Waals surface area contributed by atoms with E-state index in [0.29, 0.717) is 0 Å². The second kappa shape index (κ2) is 11.9. The number of methoxy groups -OCH3 is 1. The number of para-hydroxylation sites is 3. The monoisotopic (exact) mass is 632 g/mol. The average Bonchev–Trinajstić information content (AvgIpc) is 3.54. The summed E-state index contributed by atoms with van der Waals surface area (Å²) in [6.07, 6.45) is 0. The third-order valence-electron chi connectivity index (χ3n) is 9.30. The van der Waals surface area contributed by atoms with Gasteiger partial charge in [-0.05, 0) is 107 Å². The minimum absolute atomic E-state index is 0.827. The lowest BCUT2D eigenvalue weighted by atomic mass is 9.97. The van der Waals surface area contributed by atoms with E-state index in [4.69, 9.17) is 9.15 Å². The first-order valence-electron chi connectivity index (χ1n) is 16.5. The largest absolute Gasteiger partial charge is 0.497 e. The highest BCUT2D eigenvalue weighted by molar-refractivity contribution is 6.16. The summed E-state index contributed by atoms with van der Waals surface area (Å²) in [4.78, 5) is 4.67. The van der Waals surface area contributed by atoms with Crippen LogP contribution in [0.3, 0.4) is 0 Å². The molecule has 0 atom stereocenters. The maximum atomic E-state index is 6.22. The van der Waals surface area contributed by atoms with E-state index in [-0.39, 0.29) is 0 Å². The van der Waals surface area contributed by atoms with Gasteiger partial charge in [0.25, 0.3) is 0 Å². The predicted molar refractivity (Wildman–Crippen MR) is 205 cm³/mol. The highest BCUT2D eigenvalue weighted by Crippen LogP contribution is 2.45. The molecule has 0 fully saturated rings. The molecule has 1 heterocycles. The number of hydrogen-bond acceptors (Lipinski definition) is 4. The van der Waals surface area contributed by atoms with E-state index >= 15 is 0 Å². The van der Waals surface area contributed by atoms with Crippen LogP contribution >= 0.6 is 0 Å². The smallest absolute Gasteiger partial charge is 0.135 e. The molecular weight excluding hydrogens is 601 g/mol. The summed E-state index contributed by atoms with van der Waals surface area (Å²) in [5.41, 5.74) is 8.24. The van der Waals surface area contributed by atoms with Crippen molar-refractivity contribution < 1.29 is 9.15 Å². The zero-order chi connectivity index (χ0) is 32.7. The van der Waals surface area contributed by atoms with E-state index in [9.17, 15) is 0 Å². The first-order chi connectivity index (χ1) is 24.2. The Kier molecular flexibility index (Phi) is 6.98. The number of furan rings is 1. The van der Waals surface area contributed by atoms with Crippen LogP contribution in [0.15, 0.2) is 180 Å². The van der Waals surface area contributed by atoms with Crippen LogP contribution in [0, 0.1) is 0 Å². The fourth-order valence-corrected chi connectivity index (χ4v) is 7.01. The van der Waals surface area contributed by atoms with Gasteiger partial charge < -0.3 is 19.0 Å². The maximum Gasteiger partial charge on any atom is 0.135 e. The third kappa shape index (κ3) is 5.02. The molecule has 8 aromatic carbocycles. The Hall–Kier alpha value is -6.52. The van der Waals surface area contributed by atoms with E-state index < -0.39 is 0 Å². The highest BCUT2D eigenvalue weighted by atomic mass is 16.5. The summed E-state index contributed by atoms with van der Waals surface area (Å²) >= 11 is 0. The van der Waals surface area contributed by atoms with Gasteiger partial charge in [-0.3, -0.25) is 0 Å². The number of ether oxygens (including phenoxy) is 1. The minimum Gasteiger partial charge on any atom is -0.497 e. The molecule has 9 rings (SSSR count). The Bertz CT molecular complexity index is 2590. The molecular formula is C45H32N2O2. The molecule has 0 radical (unpaired) electrons. The molecule has 49 heavy (non-hydrogen) atoms. The summed E-state index contributed by atoms with van der Waals surface area (Å²) in [7, 11) is 1.70. The zero-order valence-electron chi connectivity index (χ0n) is 27.0. The van der Waals surface area contributed by atoms with Crippen molar-refractivity contribution in [1.82, 2.24) is 0 Å². The van der Waals surface area contributed by atoms with Crippen LogP contribution in [0.1, 0.15) is 0 Å². The van der Waals surface area contributed by atoms with Crippen molar-refractivity contribution in [2.24, 2.45) is 0 Å². The first-order valence-corrected chi connectivity index (χ1v) is 16.5. The van der Waals surface area contributed by atoms with E-state index in [1.807, 2.05) is 24.3 Å². The fraction of sp³-hybridized carbons (Fsp3) is 0.0222. The van der Waals surface area contributed by atoms with Crippen molar-refractivity contribution in [3.05, 3.63) is 176 Å². The molecule has 0 aliphatic heterocycles. The Morgan fingerprint density at radius 1 is 0.388 bits per heavy atom. The lowest BCUT2D eigenvalue weighted by molar-refractivity contribution is 0.415. The zero-order valence-corrected chi connectivity index (χ0v) is 27.0. The fourth-order valence-electron chi connectivity index (χ4n) is 7.01. The van der Waals surface area contributed by atoms with Crippen molar-refractivity contribution in [1.29, 1.82) is 0 Å². The number of fused-ring (bicyclic) bond motifs is 6. The van der Waals surface area contributed by atoms with Crippen molar-refractivity contribution in [2.75, 3.05) is 16.9 Å². The Morgan fingerprint density at radius 2 is 0.939 bits per heavy atom. The number of hydrogen-bond donors (Lipinski definition) is 0. The Balaban J connectivity index is 1.29. The number of anilines is 6. The van der Waals surface area contributed by atoms with Crippen molar-refractivity contribution >= 4 is 77.6 Å². The molecule has 234 valence electrons. The lowest BCUT2D eigenvalue weighted by Crippen LogP contribution is -2.11. The molecule has 0 bridgehead atoms. The van der Waals surface area contributed by atoms with Crippen molar-refractivity contribution in [3.8, 4) is 5.75 Å². The first kappa shape index (κ1) is 28.7. The van der Waals surface area contributed by atoms with E-state index in [2.05, 4.69) is 161 Å². The normalized spacial score (nSPS) is 11.4. The van der Waals surface area contributed by atoms with Gasteiger partial charge in [0.2, 0.25) is 0 Å². The average molecular weight is 633 g/mol. The predicted octanol–water partition coefficient (Wildman–Crippen LogP) is 12.8. The summed E-state index contributed by atoms with van der Waals surface area (Å²) < 4.78 is 11.7. The topological polar surface area (TPSA) is 28.9 Å². The molecule has 4 nitrogen and oxygen atoms in total. The SMILES string of the molecule is COc1ccc(N(c2ccccc2)c2ccc3c(N(c4ccccc4)c4ccc5oc6ccccc6c5c4)cc4ccccc4c3c2)cc1. The minimum atomic E-state index is 0.827. The second-order valence-electron chi connectivity index (χ2n) is 12.2. The van der Waals surface area contributed by atoms with Crippen LogP contribution in [0.25, 0.3) is 43.5 Å². The summed E-state index contributed by atoms with van der Waals surface area (Å²) in [5.74, 6) is 0.827. The van der Waals surface area contributed by atoms with Crippen molar-refractivity contribution in [3.63, 3.8) is 0 Å². The Labute approximate surface area is 284 Å². The van der Waals surface area contributed by atoms with Gasteiger partial charge in [0.15, 0.2) is 0 Å². The molecule has 0 aliphatic carbocycles. The van der Waals surface area contributed by atoms with Crippen LogP contribution in [0.5, 0.6) is 5.75 Å². The summed E-state index contributed by atoms with van der Waals surface area (Å²) in [6.45, 7) is 0. The number of benzene rings is 8. The van der Waals surface area contributed by atoms with Gasteiger partial charge in [-0.25, -0.2) is 0 Å². The molecule has 4 heteroatoms. The van der Waals surface area contributed by atoms with Gasteiger partial charge in [0.1, 0.15) is 16.9 Å². The van der Waals surface area contributed by atoms with Gasteiger partial charge in [-0.1, -0.05) is 84.9 Å². The molecule has 9 aromatic rings. The van der Waals surface area contributed by atoms with Gasteiger partial charge in [0, 0.05) is 44.6 Å². The van der Waals surface area contributed by atoms with Gasteiger partial charge >= 0.3 is 0 Å². The molecule has 0 N–H and O–H groups in total. The Morgan fingerprint density at radius 3 is 1.69 bits per heavy atom. The van der Waals surface area contributed by atoms with Crippen molar-refractivity contribution in [2.45, 2.75) is 0 Å². The molecule has 1 aromatic heterocycles. The van der Waals surface area contributed by atoms with Crippen LogP contribution < -0.4 is 14.5 Å². The standard InChI is InChI=1S/C45H32N2O2/c1-48-37-24-20-34(21-25-37)46(32-13-4-2-5-14-32)35-22-26-39-41(29-35)38-17-9-8-12-31(38)28-43(39)47(33-15-6-3-7-16-33)36-23-27-45-42(30-36)40-18-10-11-19-44(40)49-45/h2-30H,1H3. The second-order valence-corrected chi connectivity index (χ2v) is 12.2. The van der Waals surface area contributed by atoms with Gasteiger partial charge in [0.05, 0.1) is 12.8 Å². The third-order valence-corrected chi connectivity index (χ3v) is 9.30. The maximum absolute atomic E-state index is 6.22. The quantitative estimate of drug-likeness (QED) is 0.164. The van der Waals surface area contributed by atoms with Gasteiger partial charge in [-0.15, -0.1) is 0 Å². The number of rotatable bonds is 7.